The van der Waals surface area contributed by atoms with Gasteiger partial charge in [-0.25, -0.2) is 13.8 Å². The summed E-state index contributed by atoms with van der Waals surface area (Å²) in [5.41, 5.74) is 0.938. The van der Waals surface area contributed by atoms with Gasteiger partial charge >= 0.3 is 0 Å². The number of hydrogen-bond acceptors (Lipinski definition) is 3. The van der Waals surface area contributed by atoms with Gasteiger partial charge in [-0.1, -0.05) is 11.6 Å². The number of rotatable bonds is 3. The summed E-state index contributed by atoms with van der Waals surface area (Å²) in [6, 6.07) is 9.65. The maximum Gasteiger partial charge on any atom is 0.257 e. The molecule has 0 bridgehead atoms. The summed E-state index contributed by atoms with van der Waals surface area (Å²) >= 11 is 6.92. The minimum absolute atomic E-state index is 0.176. The molecule has 3 nitrogen and oxygen atoms in total. The minimum Gasteiger partial charge on any atom is -0.298 e. The van der Waals surface area contributed by atoms with Crippen LogP contribution in [0.4, 0.5) is 13.9 Å². The molecule has 0 atom stereocenters. The molecule has 3 aromatic rings. The zero-order chi connectivity index (χ0) is 16.4. The molecule has 1 N–H and O–H groups in total. The highest BCUT2D eigenvalue weighted by atomic mass is 35.5. The lowest BCUT2D eigenvalue weighted by Crippen LogP contribution is -2.11. The van der Waals surface area contributed by atoms with Gasteiger partial charge in [-0.05, 0) is 36.4 Å². The van der Waals surface area contributed by atoms with Crippen molar-refractivity contribution in [2.45, 2.75) is 0 Å². The Labute approximate surface area is 139 Å². The molecular formula is C16H9ClF2N2OS. The number of hydrogen-bond donors (Lipinski definition) is 1. The molecule has 0 aliphatic carbocycles. The maximum atomic E-state index is 13.7. The second kappa shape index (κ2) is 6.44. The van der Waals surface area contributed by atoms with E-state index >= 15 is 0 Å². The zero-order valence-electron chi connectivity index (χ0n) is 11.5. The first kappa shape index (κ1) is 15.6. The zero-order valence-corrected chi connectivity index (χ0v) is 13.1. The van der Waals surface area contributed by atoms with Crippen LogP contribution in [0.15, 0.2) is 47.8 Å². The molecule has 0 unspecified atom stereocenters. The molecule has 1 amide bonds. The largest absolute Gasteiger partial charge is 0.298 e. The van der Waals surface area contributed by atoms with Crippen LogP contribution >= 0.6 is 22.9 Å². The van der Waals surface area contributed by atoms with Gasteiger partial charge in [0.05, 0.1) is 5.69 Å². The van der Waals surface area contributed by atoms with Crippen molar-refractivity contribution in [2.75, 3.05) is 5.32 Å². The number of aromatic nitrogens is 1. The number of nitrogens with one attached hydrogen (secondary N) is 1. The van der Waals surface area contributed by atoms with Crippen LogP contribution < -0.4 is 5.32 Å². The summed E-state index contributed by atoms with van der Waals surface area (Å²) in [6.07, 6.45) is 0. The van der Waals surface area contributed by atoms with Crippen molar-refractivity contribution < 1.29 is 13.6 Å². The Hall–Kier alpha value is -2.31. The molecule has 0 spiro atoms. The van der Waals surface area contributed by atoms with Crippen LogP contribution in [0.3, 0.4) is 0 Å². The van der Waals surface area contributed by atoms with Gasteiger partial charge in [0.15, 0.2) is 5.13 Å². The molecule has 1 heterocycles. The number of nitrogens with zero attached hydrogens (tertiary/aromatic N) is 1. The van der Waals surface area contributed by atoms with Crippen LogP contribution in [-0.2, 0) is 0 Å². The van der Waals surface area contributed by atoms with Crippen LogP contribution in [-0.4, -0.2) is 10.9 Å². The average molecular weight is 351 g/mol. The number of carbonyl (C=O) groups excluding carboxylic acids is 1. The van der Waals surface area contributed by atoms with Crippen LogP contribution in [0.25, 0.3) is 11.3 Å². The number of carbonyl (C=O) groups is 1. The quantitative estimate of drug-likeness (QED) is 0.722. The highest BCUT2D eigenvalue weighted by Crippen LogP contribution is 2.27. The van der Waals surface area contributed by atoms with Gasteiger partial charge in [-0.15, -0.1) is 11.3 Å². The topological polar surface area (TPSA) is 42.0 Å². The standard InChI is InChI=1S/C16H9ClF2N2OS/c17-10-3-1-9(2-4-10)15(22)21-16-20-14(8-23-16)12-6-5-11(18)7-13(12)19/h1-8H,(H,20,21,22). The predicted molar refractivity (Wildman–Crippen MR) is 86.9 cm³/mol. The van der Waals surface area contributed by atoms with Crippen LogP contribution in [0.5, 0.6) is 0 Å². The van der Waals surface area contributed by atoms with Gasteiger partial charge in [-0.3, -0.25) is 10.1 Å². The van der Waals surface area contributed by atoms with E-state index in [4.69, 9.17) is 11.6 Å². The molecule has 0 aliphatic heterocycles. The van der Waals surface area contributed by atoms with E-state index in [9.17, 15) is 13.6 Å². The number of benzene rings is 2. The number of thiazole rings is 1. The van der Waals surface area contributed by atoms with E-state index in [1.807, 2.05) is 0 Å². The molecule has 3 rings (SSSR count). The second-order valence-corrected chi connectivity index (χ2v) is 5.92. The molecule has 0 saturated carbocycles. The van der Waals surface area contributed by atoms with Crippen molar-refractivity contribution in [1.29, 1.82) is 0 Å². The molecule has 0 fully saturated rings. The first-order valence-corrected chi connectivity index (χ1v) is 7.76. The third kappa shape index (κ3) is 3.55. The maximum absolute atomic E-state index is 13.7. The van der Waals surface area contributed by atoms with Gasteiger partial charge < -0.3 is 0 Å². The Balaban J connectivity index is 1.79. The fourth-order valence-corrected chi connectivity index (χ4v) is 2.75. The van der Waals surface area contributed by atoms with Crippen molar-refractivity contribution in [3.05, 3.63) is 70.1 Å². The summed E-state index contributed by atoms with van der Waals surface area (Å²) < 4.78 is 26.7. The van der Waals surface area contributed by atoms with E-state index < -0.39 is 11.6 Å². The monoisotopic (exact) mass is 350 g/mol. The van der Waals surface area contributed by atoms with E-state index in [2.05, 4.69) is 10.3 Å². The first-order chi connectivity index (χ1) is 11.0. The summed E-state index contributed by atoms with van der Waals surface area (Å²) in [5.74, 6) is -1.70. The van der Waals surface area contributed by atoms with Crippen molar-refractivity contribution in [2.24, 2.45) is 0 Å². The lowest BCUT2D eigenvalue weighted by Gasteiger charge is -2.02. The van der Waals surface area contributed by atoms with Gasteiger partial charge in [-0.2, -0.15) is 0 Å². The molecule has 0 radical (unpaired) electrons. The summed E-state index contributed by atoms with van der Waals surface area (Å²) in [4.78, 5) is 16.2. The van der Waals surface area contributed by atoms with E-state index in [-0.39, 0.29) is 11.5 Å². The number of anilines is 1. The van der Waals surface area contributed by atoms with Gasteiger partial charge in [0.2, 0.25) is 0 Å². The van der Waals surface area contributed by atoms with Gasteiger partial charge in [0.25, 0.3) is 5.91 Å². The van der Waals surface area contributed by atoms with Crippen molar-refractivity contribution in [3.63, 3.8) is 0 Å². The first-order valence-electron chi connectivity index (χ1n) is 6.51. The lowest BCUT2D eigenvalue weighted by molar-refractivity contribution is 0.102. The third-order valence-electron chi connectivity index (χ3n) is 3.04. The van der Waals surface area contributed by atoms with E-state index in [1.54, 1.807) is 29.6 Å². The summed E-state index contributed by atoms with van der Waals surface area (Å²) in [6.45, 7) is 0. The molecule has 23 heavy (non-hydrogen) atoms. The van der Waals surface area contributed by atoms with Gasteiger partial charge in [0.1, 0.15) is 11.6 Å². The highest BCUT2D eigenvalue weighted by molar-refractivity contribution is 7.14. The smallest absolute Gasteiger partial charge is 0.257 e. The lowest BCUT2D eigenvalue weighted by atomic mass is 10.1. The fraction of sp³-hybridized carbons (Fsp3) is 0. The molecule has 0 aliphatic rings. The second-order valence-electron chi connectivity index (χ2n) is 4.62. The van der Waals surface area contributed by atoms with E-state index in [0.717, 1.165) is 23.5 Å². The molecule has 116 valence electrons. The van der Waals surface area contributed by atoms with Crippen molar-refractivity contribution in [1.82, 2.24) is 4.98 Å². The fourth-order valence-electron chi connectivity index (χ4n) is 1.92. The minimum atomic E-state index is -0.703. The Morgan fingerprint density at radius 2 is 1.87 bits per heavy atom. The van der Waals surface area contributed by atoms with E-state index in [1.165, 1.54) is 6.07 Å². The van der Waals surface area contributed by atoms with E-state index in [0.29, 0.717) is 21.4 Å². The predicted octanol–water partition coefficient (Wildman–Crippen LogP) is 4.99. The molecular weight excluding hydrogens is 342 g/mol. The number of halogens is 3. The van der Waals surface area contributed by atoms with Crippen LogP contribution in [0.2, 0.25) is 5.02 Å². The normalized spacial score (nSPS) is 10.6. The Kier molecular flexibility index (Phi) is 4.36. The molecule has 1 aromatic heterocycles. The highest BCUT2D eigenvalue weighted by Gasteiger charge is 2.13. The molecule has 7 heteroatoms. The van der Waals surface area contributed by atoms with Crippen molar-refractivity contribution >= 4 is 34.0 Å². The third-order valence-corrected chi connectivity index (χ3v) is 4.05. The summed E-state index contributed by atoms with van der Waals surface area (Å²) in [7, 11) is 0. The SMILES string of the molecule is O=C(Nc1nc(-c2ccc(F)cc2F)cs1)c1ccc(Cl)cc1. The average Bonchev–Trinajstić information content (AvgIpc) is 2.96. The Bertz CT molecular complexity index is 865. The molecule has 0 saturated heterocycles. The Morgan fingerprint density at radius 3 is 2.57 bits per heavy atom. The summed E-state index contributed by atoms with van der Waals surface area (Å²) in [5, 5.41) is 5.07. The van der Waals surface area contributed by atoms with Crippen LogP contribution in [0.1, 0.15) is 10.4 Å². The number of amides is 1. The van der Waals surface area contributed by atoms with Gasteiger partial charge in [0, 0.05) is 27.6 Å². The van der Waals surface area contributed by atoms with Crippen molar-refractivity contribution in [3.8, 4) is 11.3 Å². The Morgan fingerprint density at radius 1 is 1.13 bits per heavy atom. The van der Waals surface area contributed by atoms with Crippen LogP contribution in [0, 0.1) is 11.6 Å². The molecule has 2 aromatic carbocycles.